The molecule has 0 aliphatic heterocycles. The van der Waals surface area contributed by atoms with Gasteiger partial charge in [-0.1, -0.05) is 18.2 Å². The van der Waals surface area contributed by atoms with Gasteiger partial charge in [0.15, 0.2) is 5.82 Å². The molecule has 1 atom stereocenters. The fourth-order valence-electron chi connectivity index (χ4n) is 3.55. The van der Waals surface area contributed by atoms with E-state index >= 15 is 0 Å². The lowest BCUT2D eigenvalue weighted by atomic mass is 10.0. The standard InChI is InChI=1S/C24H23N7O/c1-15-10-21(20-8-9-23(22(13-32)28-20)31-12-16(2)26-14-31)29-30-24(15)27-17(3)19-7-5-4-6-18(19)11-25/h4-10,12,14,17,32H,13H2,1-3H3,(H,27,30)/t17-/m0/s1. The SMILES string of the molecule is Cc1cn(-c2ccc(-c3cc(C)c(N[C@@H](C)c4ccccc4C#N)nn3)nc2CO)cn1. The van der Waals surface area contributed by atoms with Gasteiger partial charge < -0.3 is 15.0 Å². The molecule has 0 bridgehead atoms. The highest BCUT2D eigenvalue weighted by molar-refractivity contribution is 5.60. The van der Waals surface area contributed by atoms with Gasteiger partial charge in [0.25, 0.3) is 0 Å². The lowest BCUT2D eigenvalue weighted by molar-refractivity contribution is 0.276. The number of pyridine rings is 1. The molecule has 1 aromatic carbocycles. The van der Waals surface area contributed by atoms with Crippen molar-refractivity contribution >= 4 is 5.82 Å². The molecule has 0 aliphatic carbocycles. The van der Waals surface area contributed by atoms with Crippen LogP contribution in [-0.2, 0) is 6.61 Å². The van der Waals surface area contributed by atoms with Crippen LogP contribution >= 0.6 is 0 Å². The van der Waals surface area contributed by atoms with Gasteiger partial charge in [-0.15, -0.1) is 10.2 Å². The van der Waals surface area contributed by atoms with E-state index in [1.807, 2.05) is 67.9 Å². The number of rotatable bonds is 6. The average molecular weight is 425 g/mol. The van der Waals surface area contributed by atoms with Crippen LogP contribution in [0.3, 0.4) is 0 Å². The Labute approximate surface area is 186 Å². The zero-order valence-electron chi connectivity index (χ0n) is 18.1. The predicted molar refractivity (Wildman–Crippen MR) is 121 cm³/mol. The fourth-order valence-corrected chi connectivity index (χ4v) is 3.55. The fraction of sp³-hybridized carbons (Fsp3) is 0.208. The smallest absolute Gasteiger partial charge is 0.152 e. The van der Waals surface area contributed by atoms with Crippen LogP contribution in [0.2, 0.25) is 0 Å². The summed E-state index contributed by atoms with van der Waals surface area (Å²) in [4.78, 5) is 8.82. The Bertz CT molecular complexity index is 1310. The number of aliphatic hydroxyl groups is 1. The molecule has 0 saturated heterocycles. The number of hydrogen-bond acceptors (Lipinski definition) is 7. The Kier molecular flexibility index (Phi) is 5.92. The third-order valence-corrected chi connectivity index (χ3v) is 5.24. The molecular formula is C24H23N7O. The Morgan fingerprint density at radius 2 is 1.94 bits per heavy atom. The molecule has 4 rings (SSSR count). The Morgan fingerprint density at radius 1 is 1.12 bits per heavy atom. The number of nitriles is 1. The zero-order valence-corrected chi connectivity index (χ0v) is 18.1. The van der Waals surface area contributed by atoms with Crippen LogP contribution in [0.5, 0.6) is 0 Å². The summed E-state index contributed by atoms with van der Waals surface area (Å²) in [6, 6.07) is 15.3. The first kappa shape index (κ1) is 21.2. The lowest BCUT2D eigenvalue weighted by Crippen LogP contribution is -2.11. The Hall–Kier alpha value is -4.09. The summed E-state index contributed by atoms with van der Waals surface area (Å²) in [5, 5.41) is 31.2. The summed E-state index contributed by atoms with van der Waals surface area (Å²) in [6.07, 6.45) is 3.58. The molecule has 3 aromatic heterocycles. The summed E-state index contributed by atoms with van der Waals surface area (Å²) in [5.41, 5.74) is 5.85. The van der Waals surface area contributed by atoms with Gasteiger partial charge in [-0.05, 0) is 56.2 Å². The molecular weight excluding hydrogens is 402 g/mol. The summed E-state index contributed by atoms with van der Waals surface area (Å²) >= 11 is 0. The van der Waals surface area contributed by atoms with Crippen molar-refractivity contribution < 1.29 is 5.11 Å². The van der Waals surface area contributed by atoms with E-state index in [9.17, 15) is 10.4 Å². The number of nitrogens with one attached hydrogen (secondary N) is 1. The second kappa shape index (κ2) is 8.96. The molecule has 0 saturated carbocycles. The summed E-state index contributed by atoms with van der Waals surface area (Å²) in [5.74, 6) is 0.641. The second-order valence-electron chi connectivity index (χ2n) is 7.57. The van der Waals surface area contributed by atoms with Gasteiger partial charge in [0, 0.05) is 6.20 Å². The van der Waals surface area contributed by atoms with E-state index in [0.29, 0.717) is 28.5 Å². The maximum absolute atomic E-state index is 9.84. The highest BCUT2D eigenvalue weighted by Crippen LogP contribution is 2.25. The molecule has 3 heterocycles. The van der Waals surface area contributed by atoms with Crippen LogP contribution in [0.1, 0.15) is 41.0 Å². The number of benzene rings is 1. The van der Waals surface area contributed by atoms with Crippen molar-refractivity contribution in [3.8, 4) is 23.1 Å². The number of nitrogens with zero attached hydrogens (tertiary/aromatic N) is 6. The van der Waals surface area contributed by atoms with Gasteiger partial charge in [0.2, 0.25) is 0 Å². The van der Waals surface area contributed by atoms with E-state index in [1.165, 1.54) is 0 Å². The number of anilines is 1. The first-order chi connectivity index (χ1) is 15.5. The zero-order chi connectivity index (χ0) is 22.7. The van der Waals surface area contributed by atoms with E-state index in [1.54, 1.807) is 12.4 Å². The van der Waals surface area contributed by atoms with Crippen molar-refractivity contribution in [2.24, 2.45) is 0 Å². The number of hydrogen-bond donors (Lipinski definition) is 2. The summed E-state index contributed by atoms with van der Waals surface area (Å²) in [6.45, 7) is 5.63. The van der Waals surface area contributed by atoms with E-state index in [-0.39, 0.29) is 12.6 Å². The maximum Gasteiger partial charge on any atom is 0.152 e. The van der Waals surface area contributed by atoms with Gasteiger partial charge in [0.05, 0.1) is 53.4 Å². The van der Waals surface area contributed by atoms with Crippen molar-refractivity contribution in [2.75, 3.05) is 5.32 Å². The first-order valence-electron chi connectivity index (χ1n) is 10.2. The van der Waals surface area contributed by atoms with Crippen LogP contribution in [0.25, 0.3) is 17.1 Å². The van der Waals surface area contributed by atoms with E-state index < -0.39 is 0 Å². The quantitative estimate of drug-likeness (QED) is 0.482. The maximum atomic E-state index is 9.84. The van der Waals surface area contributed by atoms with E-state index in [4.69, 9.17) is 0 Å². The molecule has 0 spiro atoms. The third-order valence-electron chi connectivity index (χ3n) is 5.24. The minimum Gasteiger partial charge on any atom is -0.390 e. The number of aryl methyl sites for hydroxylation is 2. The molecule has 8 heteroatoms. The van der Waals surface area contributed by atoms with Gasteiger partial charge in [-0.3, -0.25) is 0 Å². The average Bonchev–Trinajstić information content (AvgIpc) is 3.25. The van der Waals surface area contributed by atoms with Crippen LogP contribution in [0, 0.1) is 25.2 Å². The highest BCUT2D eigenvalue weighted by atomic mass is 16.3. The molecule has 0 fully saturated rings. The van der Waals surface area contributed by atoms with Gasteiger partial charge >= 0.3 is 0 Å². The third kappa shape index (κ3) is 4.19. The van der Waals surface area contributed by atoms with Crippen LogP contribution in [-0.4, -0.2) is 29.8 Å². The largest absolute Gasteiger partial charge is 0.390 e. The van der Waals surface area contributed by atoms with Crippen LogP contribution in [0.15, 0.2) is 55.0 Å². The molecule has 160 valence electrons. The number of aliphatic hydroxyl groups excluding tert-OH is 1. The lowest BCUT2D eigenvalue weighted by Gasteiger charge is -2.17. The highest BCUT2D eigenvalue weighted by Gasteiger charge is 2.15. The monoisotopic (exact) mass is 425 g/mol. The molecule has 8 nitrogen and oxygen atoms in total. The predicted octanol–water partition coefficient (Wildman–Crippen LogP) is 3.88. The van der Waals surface area contributed by atoms with E-state index in [2.05, 4.69) is 31.6 Å². The summed E-state index contributed by atoms with van der Waals surface area (Å²) < 4.78 is 1.84. The van der Waals surface area contributed by atoms with E-state index in [0.717, 1.165) is 22.5 Å². The van der Waals surface area contributed by atoms with Crippen molar-refractivity contribution in [1.82, 2.24) is 24.7 Å². The van der Waals surface area contributed by atoms with Crippen molar-refractivity contribution in [2.45, 2.75) is 33.4 Å². The molecule has 0 amide bonds. The molecule has 0 unspecified atom stereocenters. The molecule has 0 aliphatic rings. The molecule has 4 aromatic rings. The van der Waals surface area contributed by atoms with Crippen LogP contribution < -0.4 is 5.32 Å². The number of imidazole rings is 1. The second-order valence-corrected chi connectivity index (χ2v) is 7.57. The van der Waals surface area contributed by atoms with Gasteiger partial charge in [-0.2, -0.15) is 5.26 Å². The van der Waals surface area contributed by atoms with Crippen LogP contribution in [0.4, 0.5) is 5.82 Å². The van der Waals surface area contributed by atoms with Crippen molar-refractivity contribution in [3.05, 3.63) is 83.1 Å². The van der Waals surface area contributed by atoms with Gasteiger partial charge in [-0.25, -0.2) is 9.97 Å². The Morgan fingerprint density at radius 3 is 2.62 bits per heavy atom. The molecule has 0 radical (unpaired) electrons. The topological polar surface area (TPSA) is 113 Å². The minimum absolute atomic E-state index is 0.110. The molecule has 32 heavy (non-hydrogen) atoms. The normalized spacial score (nSPS) is 11.7. The first-order valence-corrected chi connectivity index (χ1v) is 10.2. The van der Waals surface area contributed by atoms with Gasteiger partial charge in [0.1, 0.15) is 5.69 Å². The minimum atomic E-state index is -0.206. The Balaban J connectivity index is 1.60. The van der Waals surface area contributed by atoms with Crippen molar-refractivity contribution in [1.29, 1.82) is 5.26 Å². The number of aromatic nitrogens is 5. The molecule has 2 N–H and O–H groups in total. The summed E-state index contributed by atoms with van der Waals surface area (Å²) in [7, 11) is 0. The van der Waals surface area contributed by atoms with Crippen molar-refractivity contribution in [3.63, 3.8) is 0 Å².